The van der Waals surface area contributed by atoms with E-state index in [9.17, 15) is 4.79 Å². The summed E-state index contributed by atoms with van der Waals surface area (Å²) in [5.41, 5.74) is 3.04. The minimum atomic E-state index is -0.0284. The minimum Gasteiger partial charge on any atom is -0.381 e. The average molecular weight is 376 g/mol. The highest BCUT2D eigenvalue weighted by molar-refractivity contribution is 5.77. The van der Waals surface area contributed by atoms with E-state index in [4.69, 9.17) is 4.74 Å². The van der Waals surface area contributed by atoms with Crippen LogP contribution in [0.3, 0.4) is 0 Å². The van der Waals surface area contributed by atoms with Gasteiger partial charge in [-0.1, -0.05) is 30.3 Å². The van der Waals surface area contributed by atoms with Gasteiger partial charge in [-0.05, 0) is 36.6 Å². The van der Waals surface area contributed by atoms with Gasteiger partial charge in [0, 0.05) is 36.8 Å². The topological polar surface area (TPSA) is 70.2 Å². The third-order valence-electron chi connectivity index (χ3n) is 6.13. The molecule has 6 heteroatoms. The molecule has 1 spiro atoms. The maximum atomic E-state index is 13.0. The number of carbonyl (C=O) groups is 1. The molecule has 2 aliphatic heterocycles. The molecule has 0 aliphatic carbocycles. The maximum Gasteiger partial charge on any atom is 0.318 e. The van der Waals surface area contributed by atoms with Crippen LogP contribution < -0.4 is 5.32 Å². The molecule has 144 valence electrons. The number of hydrogen-bond donors (Lipinski definition) is 2. The second-order valence-electron chi connectivity index (χ2n) is 7.79. The van der Waals surface area contributed by atoms with Crippen molar-refractivity contribution in [1.29, 1.82) is 0 Å². The normalized spacial score (nSPS) is 20.9. The number of hydrogen-bond acceptors (Lipinski definition) is 3. The molecule has 1 aromatic carbocycles. The number of ether oxygens (including phenoxy) is 1. The van der Waals surface area contributed by atoms with Crippen LogP contribution in [-0.4, -0.2) is 40.7 Å². The molecule has 0 saturated carbocycles. The van der Waals surface area contributed by atoms with Crippen LogP contribution in [0.5, 0.6) is 0 Å². The van der Waals surface area contributed by atoms with Crippen molar-refractivity contribution in [3.8, 4) is 0 Å². The number of fused-ring (bicyclic) bond motifs is 1. The zero-order valence-electron chi connectivity index (χ0n) is 15.7. The van der Waals surface area contributed by atoms with Gasteiger partial charge >= 0.3 is 6.03 Å². The lowest BCUT2D eigenvalue weighted by Gasteiger charge is -2.59. The Morgan fingerprint density at radius 1 is 1.18 bits per heavy atom. The fraction of sp³-hybridized carbons (Fsp3) is 0.364. The summed E-state index contributed by atoms with van der Waals surface area (Å²) in [5, 5.41) is 4.13. The number of amides is 2. The quantitative estimate of drug-likeness (QED) is 0.733. The smallest absolute Gasteiger partial charge is 0.318 e. The zero-order chi connectivity index (χ0) is 19.0. The Hall–Kier alpha value is -2.86. The van der Waals surface area contributed by atoms with E-state index in [0.717, 1.165) is 49.3 Å². The van der Waals surface area contributed by atoms with Crippen LogP contribution in [0.15, 0.2) is 54.7 Å². The van der Waals surface area contributed by atoms with E-state index in [-0.39, 0.29) is 17.5 Å². The van der Waals surface area contributed by atoms with E-state index in [1.54, 1.807) is 0 Å². The molecule has 0 bridgehead atoms. The van der Waals surface area contributed by atoms with Gasteiger partial charge in [0.1, 0.15) is 5.65 Å². The molecule has 2 saturated heterocycles. The van der Waals surface area contributed by atoms with E-state index < -0.39 is 0 Å². The molecule has 1 atom stereocenters. The highest BCUT2D eigenvalue weighted by atomic mass is 16.5. The molecule has 28 heavy (non-hydrogen) atoms. The van der Waals surface area contributed by atoms with Gasteiger partial charge in [-0.15, -0.1) is 0 Å². The fourth-order valence-corrected chi connectivity index (χ4v) is 4.64. The molecular formula is C22H24N4O2. The molecule has 2 aromatic heterocycles. The Labute approximate surface area is 163 Å². The lowest BCUT2D eigenvalue weighted by molar-refractivity contribution is -0.111. The lowest BCUT2D eigenvalue weighted by Crippen LogP contribution is -2.64. The van der Waals surface area contributed by atoms with Crippen LogP contribution >= 0.6 is 0 Å². The number of nitrogens with zero attached hydrogens (tertiary/aromatic N) is 2. The first-order valence-electron chi connectivity index (χ1n) is 9.85. The van der Waals surface area contributed by atoms with Crippen LogP contribution in [0.25, 0.3) is 11.0 Å². The highest BCUT2D eigenvalue weighted by Gasteiger charge is 2.55. The Kier molecular flexibility index (Phi) is 4.28. The SMILES string of the molecule is O=C(NCc1ccc2cc[nH]c2n1)N1CC2(CCOCC2)C1c1ccccc1. The largest absolute Gasteiger partial charge is 0.381 e. The average Bonchev–Trinajstić information content (AvgIpc) is 3.20. The molecule has 3 aromatic rings. The molecule has 5 rings (SSSR count). The van der Waals surface area contributed by atoms with Crippen molar-refractivity contribution in [2.24, 2.45) is 5.41 Å². The van der Waals surface area contributed by atoms with Gasteiger partial charge < -0.3 is 19.9 Å². The predicted molar refractivity (Wildman–Crippen MR) is 107 cm³/mol. The number of H-pyrrole nitrogens is 1. The summed E-state index contributed by atoms with van der Waals surface area (Å²) in [6.45, 7) is 2.75. The number of urea groups is 1. The van der Waals surface area contributed by atoms with Crippen molar-refractivity contribution in [2.75, 3.05) is 19.8 Å². The predicted octanol–water partition coefficient (Wildman–Crippen LogP) is 3.63. The van der Waals surface area contributed by atoms with Crippen molar-refractivity contribution < 1.29 is 9.53 Å². The zero-order valence-corrected chi connectivity index (χ0v) is 15.7. The summed E-state index contributed by atoms with van der Waals surface area (Å²) >= 11 is 0. The van der Waals surface area contributed by atoms with Crippen LogP contribution in [0.2, 0.25) is 0 Å². The van der Waals surface area contributed by atoms with E-state index >= 15 is 0 Å². The summed E-state index contributed by atoms with van der Waals surface area (Å²) < 4.78 is 5.58. The van der Waals surface area contributed by atoms with E-state index in [1.165, 1.54) is 5.56 Å². The van der Waals surface area contributed by atoms with Gasteiger partial charge in [0.2, 0.25) is 0 Å². The van der Waals surface area contributed by atoms with Gasteiger partial charge in [0.05, 0.1) is 18.3 Å². The number of aromatic amines is 1. The molecule has 2 N–H and O–H groups in total. The third-order valence-corrected chi connectivity index (χ3v) is 6.13. The molecule has 6 nitrogen and oxygen atoms in total. The number of carbonyl (C=O) groups excluding carboxylic acids is 1. The third kappa shape index (κ3) is 2.94. The number of aromatic nitrogens is 2. The summed E-state index contributed by atoms with van der Waals surface area (Å²) in [5.74, 6) is 0. The van der Waals surface area contributed by atoms with E-state index in [2.05, 4.69) is 27.4 Å². The second-order valence-corrected chi connectivity index (χ2v) is 7.79. The molecule has 2 fully saturated rings. The Morgan fingerprint density at radius 3 is 2.82 bits per heavy atom. The first-order valence-corrected chi connectivity index (χ1v) is 9.85. The van der Waals surface area contributed by atoms with Crippen LogP contribution in [0.1, 0.15) is 30.1 Å². The molecule has 2 aliphatic rings. The highest BCUT2D eigenvalue weighted by Crippen LogP contribution is 2.54. The number of pyridine rings is 1. The Morgan fingerprint density at radius 2 is 2.00 bits per heavy atom. The molecular weight excluding hydrogens is 352 g/mol. The van der Waals surface area contributed by atoms with Crippen molar-refractivity contribution in [3.05, 3.63) is 66.0 Å². The fourth-order valence-electron chi connectivity index (χ4n) is 4.64. The van der Waals surface area contributed by atoms with Gasteiger partial charge in [0.15, 0.2) is 0 Å². The molecule has 0 radical (unpaired) electrons. The molecule has 1 unspecified atom stereocenters. The van der Waals surface area contributed by atoms with Gasteiger partial charge in [-0.3, -0.25) is 0 Å². The number of benzene rings is 1. The van der Waals surface area contributed by atoms with Crippen LogP contribution in [-0.2, 0) is 11.3 Å². The molecule has 4 heterocycles. The minimum absolute atomic E-state index is 0.0284. The lowest BCUT2D eigenvalue weighted by atomic mass is 9.64. The van der Waals surface area contributed by atoms with E-state index in [0.29, 0.717) is 6.54 Å². The van der Waals surface area contributed by atoms with E-state index in [1.807, 2.05) is 47.5 Å². The Bertz CT molecular complexity index is 978. The summed E-state index contributed by atoms with van der Waals surface area (Å²) in [6.07, 6.45) is 3.88. The first kappa shape index (κ1) is 17.3. The second kappa shape index (κ2) is 6.95. The van der Waals surface area contributed by atoms with Crippen LogP contribution in [0, 0.1) is 5.41 Å². The summed E-state index contributed by atoms with van der Waals surface area (Å²) in [6, 6.07) is 16.4. The summed E-state index contributed by atoms with van der Waals surface area (Å²) in [7, 11) is 0. The number of nitrogens with one attached hydrogen (secondary N) is 2. The standard InChI is InChI=1S/C22H24N4O2/c27-21(24-14-18-7-6-17-8-11-23-20(17)25-18)26-15-22(9-12-28-13-10-22)19(26)16-4-2-1-3-5-16/h1-8,11,19H,9-10,12-15H2,(H,23,25)(H,24,27). The summed E-state index contributed by atoms with van der Waals surface area (Å²) in [4.78, 5) is 22.6. The van der Waals surface area contributed by atoms with Crippen molar-refractivity contribution >= 4 is 17.1 Å². The van der Waals surface area contributed by atoms with Gasteiger partial charge in [-0.25, -0.2) is 9.78 Å². The van der Waals surface area contributed by atoms with Crippen LogP contribution in [0.4, 0.5) is 4.79 Å². The monoisotopic (exact) mass is 376 g/mol. The first-order chi connectivity index (χ1) is 13.8. The van der Waals surface area contributed by atoms with Crippen molar-refractivity contribution in [1.82, 2.24) is 20.2 Å². The van der Waals surface area contributed by atoms with Gasteiger partial charge in [-0.2, -0.15) is 0 Å². The molecule has 2 amide bonds. The maximum absolute atomic E-state index is 13.0. The Balaban J connectivity index is 1.32. The van der Waals surface area contributed by atoms with Crippen molar-refractivity contribution in [3.63, 3.8) is 0 Å². The van der Waals surface area contributed by atoms with Gasteiger partial charge in [0.25, 0.3) is 0 Å². The van der Waals surface area contributed by atoms with Crippen molar-refractivity contribution in [2.45, 2.75) is 25.4 Å². The number of likely N-dealkylation sites (tertiary alicyclic amines) is 1. The number of rotatable bonds is 3.